The van der Waals surface area contributed by atoms with Crippen molar-refractivity contribution >= 4 is 7.85 Å². The van der Waals surface area contributed by atoms with Gasteiger partial charge < -0.3 is 5.32 Å². The Morgan fingerprint density at radius 1 is 2.00 bits per heavy atom. The summed E-state index contributed by atoms with van der Waals surface area (Å²) in [5.41, 5.74) is 0.870. The van der Waals surface area contributed by atoms with Gasteiger partial charge in [-0.1, -0.05) is 12.9 Å². The molecule has 0 aliphatic carbocycles. The van der Waals surface area contributed by atoms with Gasteiger partial charge in [0.05, 0.1) is 7.85 Å². The van der Waals surface area contributed by atoms with Crippen molar-refractivity contribution in [3.8, 4) is 0 Å². The SMILES string of the molecule is [B]CC(=C)NC. The highest BCUT2D eigenvalue weighted by molar-refractivity contribution is 6.10. The average Bonchev–Trinajstić information content (AvgIpc) is 1.65. The summed E-state index contributed by atoms with van der Waals surface area (Å²) in [6.07, 6.45) is 0.524. The number of allylic oxidation sites excluding steroid dienone is 1. The first-order valence-electron chi connectivity index (χ1n) is 1.87. The molecule has 32 valence electrons. The minimum Gasteiger partial charge on any atom is -0.393 e. The van der Waals surface area contributed by atoms with Crippen LogP contribution in [0.5, 0.6) is 0 Å². The maximum absolute atomic E-state index is 5.12. The number of hydrogen-bond donors (Lipinski definition) is 1. The van der Waals surface area contributed by atoms with E-state index in [4.69, 9.17) is 7.85 Å². The van der Waals surface area contributed by atoms with Crippen LogP contribution in [-0.4, -0.2) is 14.9 Å². The van der Waals surface area contributed by atoms with Crippen molar-refractivity contribution in [2.45, 2.75) is 6.32 Å². The highest BCUT2D eigenvalue weighted by Crippen LogP contribution is 1.82. The minimum absolute atomic E-state index is 0.524. The lowest BCUT2D eigenvalue weighted by Crippen LogP contribution is -2.02. The lowest BCUT2D eigenvalue weighted by molar-refractivity contribution is 0.997. The zero-order valence-corrected chi connectivity index (χ0v) is 3.99. The predicted molar refractivity (Wildman–Crippen MR) is 28.8 cm³/mol. The third kappa shape index (κ3) is 1.88. The Hall–Kier alpha value is -0.395. The first-order valence-corrected chi connectivity index (χ1v) is 1.87. The van der Waals surface area contributed by atoms with Gasteiger partial charge in [-0.15, -0.1) is 0 Å². The van der Waals surface area contributed by atoms with Gasteiger partial charge >= 0.3 is 0 Å². The third-order valence-electron chi connectivity index (χ3n) is 0.600. The zero-order chi connectivity index (χ0) is 4.99. The lowest BCUT2D eigenvalue weighted by atomic mass is 10.0. The van der Waals surface area contributed by atoms with Crippen LogP contribution in [-0.2, 0) is 0 Å². The smallest absolute Gasteiger partial charge is 0.0736 e. The maximum atomic E-state index is 5.12. The summed E-state index contributed by atoms with van der Waals surface area (Å²) < 4.78 is 0. The van der Waals surface area contributed by atoms with E-state index in [9.17, 15) is 0 Å². The molecule has 0 aliphatic heterocycles. The van der Waals surface area contributed by atoms with Gasteiger partial charge in [0.2, 0.25) is 0 Å². The van der Waals surface area contributed by atoms with E-state index in [1.165, 1.54) is 0 Å². The van der Waals surface area contributed by atoms with Crippen LogP contribution in [0.4, 0.5) is 0 Å². The largest absolute Gasteiger partial charge is 0.393 e. The second-order valence-corrected chi connectivity index (χ2v) is 1.06. The Balaban J connectivity index is 2.99. The molecule has 0 rings (SSSR count). The summed E-state index contributed by atoms with van der Waals surface area (Å²) in [5.74, 6) is 0. The first-order chi connectivity index (χ1) is 2.81. The van der Waals surface area contributed by atoms with E-state index in [0.29, 0.717) is 6.32 Å². The number of rotatable bonds is 2. The van der Waals surface area contributed by atoms with Crippen LogP contribution >= 0.6 is 0 Å². The fraction of sp³-hybridized carbons (Fsp3) is 0.500. The molecule has 0 bridgehead atoms. The molecule has 0 unspecified atom stereocenters. The van der Waals surface area contributed by atoms with Gasteiger partial charge in [0.15, 0.2) is 0 Å². The van der Waals surface area contributed by atoms with Gasteiger partial charge in [0.1, 0.15) is 0 Å². The monoisotopic (exact) mass is 81.1 g/mol. The Morgan fingerprint density at radius 2 is 2.50 bits per heavy atom. The Kier molecular flexibility index (Phi) is 2.64. The molecule has 0 fully saturated rings. The fourth-order valence-corrected chi connectivity index (χ4v) is 0.102. The molecule has 2 heteroatoms. The fourth-order valence-electron chi connectivity index (χ4n) is 0.102. The molecule has 1 nitrogen and oxygen atoms in total. The summed E-state index contributed by atoms with van der Waals surface area (Å²) in [7, 11) is 6.92. The van der Waals surface area contributed by atoms with Gasteiger partial charge in [-0.3, -0.25) is 0 Å². The maximum Gasteiger partial charge on any atom is 0.0736 e. The van der Waals surface area contributed by atoms with E-state index in [-0.39, 0.29) is 0 Å². The zero-order valence-electron chi connectivity index (χ0n) is 3.99. The van der Waals surface area contributed by atoms with Crippen molar-refractivity contribution in [1.29, 1.82) is 0 Å². The van der Waals surface area contributed by atoms with Crippen LogP contribution in [0.3, 0.4) is 0 Å². The van der Waals surface area contributed by atoms with Gasteiger partial charge in [-0.2, -0.15) is 0 Å². The van der Waals surface area contributed by atoms with Gasteiger partial charge in [-0.25, -0.2) is 0 Å². The first kappa shape index (κ1) is 5.60. The molecule has 0 aromatic rings. The van der Waals surface area contributed by atoms with E-state index in [0.717, 1.165) is 5.70 Å². The predicted octanol–water partition coefficient (Wildman–Crippen LogP) is 0.306. The molecule has 0 aromatic heterocycles. The van der Waals surface area contributed by atoms with Crippen LogP contribution in [0.15, 0.2) is 12.3 Å². The highest BCUT2D eigenvalue weighted by Gasteiger charge is 1.75. The van der Waals surface area contributed by atoms with E-state index in [1.807, 2.05) is 0 Å². The van der Waals surface area contributed by atoms with Gasteiger partial charge in [0, 0.05) is 7.05 Å². The van der Waals surface area contributed by atoms with Crippen LogP contribution in [0, 0.1) is 0 Å². The van der Waals surface area contributed by atoms with Crippen molar-refractivity contribution in [3.05, 3.63) is 12.3 Å². The van der Waals surface area contributed by atoms with Crippen molar-refractivity contribution in [2.24, 2.45) is 0 Å². The normalized spacial score (nSPS) is 7.50. The van der Waals surface area contributed by atoms with E-state index in [1.54, 1.807) is 7.05 Å². The standard InChI is InChI=1S/C4H8BN/c1-4(3-5)6-2/h6H,1,3H2,2H3. The quantitative estimate of drug-likeness (QED) is 0.471. The summed E-state index contributed by atoms with van der Waals surface area (Å²) in [6.45, 7) is 3.56. The molecule has 0 saturated carbocycles. The van der Waals surface area contributed by atoms with E-state index >= 15 is 0 Å². The van der Waals surface area contributed by atoms with Crippen molar-refractivity contribution in [2.75, 3.05) is 7.05 Å². The van der Waals surface area contributed by atoms with Crippen LogP contribution in [0.2, 0.25) is 6.32 Å². The molecule has 0 atom stereocenters. The van der Waals surface area contributed by atoms with Crippen LogP contribution in [0.1, 0.15) is 0 Å². The van der Waals surface area contributed by atoms with Crippen LogP contribution < -0.4 is 5.32 Å². The van der Waals surface area contributed by atoms with Crippen molar-refractivity contribution in [1.82, 2.24) is 5.32 Å². The second-order valence-electron chi connectivity index (χ2n) is 1.06. The van der Waals surface area contributed by atoms with E-state index in [2.05, 4.69) is 11.9 Å². The number of hydrogen-bond acceptors (Lipinski definition) is 1. The topological polar surface area (TPSA) is 12.0 Å². The molecular formula is C4H8BN. The molecule has 2 radical (unpaired) electrons. The van der Waals surface area contributed by atoms with Crippen molar-refractivity contribution in [3.63, 3.8) is 0 Å². The van der Waals surface area contributed by atoms with E-state index < -0.39 is 0 Å². The second kappa shape index (κ2) is 2.82. The third-order valence-corrected chi connectivity index (χ3v) is 0.600. The molecule has 1 N–H and O–H groups in total. The summed E-state index contributed by atoms with van der Waals surface area (Å²) in [6, 6.07) is 0. The molecule has 0 aliphatic rings. The van der Waals surface area contributed by atoms with Crippen molar-refractivity contribution < 1.29 is 0 Å². The molecule has 0 spiro atoms. The summed E-state index contributed by atoms with van der Waals surface area (Å²) in [4.78, 5) is 0. The lowest BCUT2D eigenvalue weighted by Gasteiger charge is -1.95. The molecule has 0 amide bonds. The number of nitrogens with one attached hydrogen (secondary N) is 1. The van der Waals surface area contributed by atoms with Gasteiger partial charge in [-0.05, 0) is 5.70 Å². The molecule has 0 saturated heterocycles. The minimum atomic E-state index is 0.524. The highest BCUT2D eigenvalue weighted by atomic mass is 14.8. The Labute approximate surface area is 39.8 Å². The summed E-state index contributed by atoms with van der Waals surface area (Å²) >= 11 is 0. The molecule has 0 heterocycles. The summed E-state index contributed by atoms with van der Waals surface area (Å²) in [5, 5.41) is 2.80. The van der Waals surface area contributed by atoms with Gasteiger partial charge in [0.25, 0.3) is 0 Å². The average molecular weight is 80.9 g/mol. The Bertz CT molecular complexity index is 45.5. The molecule has 0 aromatic carbocycles. The molecular weight excluding hydrogens is 72.9 g/mol. The Morgan fingerprint density at radius 3 is 2.50 bits per heavy atom. The van der Waals surface area contributed by atoms with Crippen LogP contribution in [0.25, 0.3) is 0 Å². The molecule has 6 heavy (non-hydrogen) atoms.